The van der Waals surface area contributed by atoms with Crippen molar-refractivity contribution in [3.8, 4) is 5.75 Å². The standard InChI is InChI=1S/C27H33N3O6S/c1-27(2,3)36-26(32)16-20(18-31)29-37(33,34)25-12-11-21(30(4)5)17-24(25)35-15-13-19-8-6-10-23-22(19)9-7-14-28-23/h6-12,14,17-18,20,29H,13,15-16H2,1-5H3/t20-/m0/s1. The molecule has 0 aliphatic rings. The Labute approximate surface area is 217 Å². The van der Waals surface area contributed by atoms with E-state index < -0.39 is 34.1 Å². The summed E-state index contributed by atoms with van der Waals surface area (Å²) in [5.74, 6) is -0.546. The van der Waals surface area contributed by atoms with Gasteiger partial charge in [-0.1, -0.05) is 18.2 Å². The van der Waals surface area contributed by atoms with Crippen molar-refractivity contribution >= 4 is 38.9 Å². The quantitative estimate of drug-likeness (QED) is 0.298. The number of carbonyl (C=O) groups excluding carboxylic acids is 2. The van der Waals surface area contributed by atoms with Gasteiger partial charge in [0, 0.05) is 43.9 Å². The Morgan fingerprint density at radius 3 is 2.57 bits per heavy atom. The van der Waals surface area contributed by atoms with Gasteiger partial charge in [0.15, 0.2) is 0 Å². The highest BCUT2D eigenvalue weighted by Gasteiger charge is 2.27. The first-order valence-electron chi connectivity index (χ1n) is 11.9. The van der Waals surface area contributed by atoms with Gasteiger partial charge in [-0.25, -0.2) is 13.1 Å². The SMILES string of the molecule is CN(C)c1ccc(S(=O)(=O)N[C@H](C=O)CC(=O)OC(C)(C)C)c(OCCc2cccc3ncccc23)c1. The molecular formula is C27H33N3O6S. The Kier molecular flexibility index (Phi) is 8.88. The van der Waals surface area contributed by atoms with Gasteiger partial charge in [0.2, 0.25) is 10.0 Å². The molecule has 3 rings (SSSR count). The number of aldehydes is 1. The molecule has 0 amide bonds. The minimum atomic E-state index is -4.21. The highest BCUT2D eigenvalue weighted by atomic mass is 32.2. The van der Waals surface area contributed by atoms with Crippen molar-refractivity contribution in [2.24, 2.45) is 0 Å². The molecule has 0 unspecified atom stereocenters. The molecule has 0 radical (unpaired) electrons. The minimum absolute atomic E-state index is 0.131. The van der Waals surface area contributed by atoms with Gasteiger partial charge in [-0.05, 0) is 50.6 Å². The maximum Gasteiger partial charge on any atom is 0.308 e. The van der Waals surface area contributed by atoms with Gasteiger partial charge in [0.25, 0.3) is 0 Å². The van der Waals surface area contributed by atoms with Crippen LogP contribution in [0.4, 0.5) is 5.69 Å². The molecule has 0 saturated carbocycles. The topological polar surface area (TPSA) is 115 Å². The molecule has 10 heteroatoms. The fourth-order valence-electron chi connectivity index (χ4n) is 3.71. The van der Waals surface area contributed by atoms with E-state index in [2.05, 4.69) is 9.71 Å². The normalized spacial score (nSPS) is 12.7. The van der Waals surface area contributed by atoms with Crippen LogP contribution in [0.3, 0.4) is 0 Å². The van der Waals surface area contributed by atoms with E-state index in [0.29, 0.717) is 12.7 Å². The number of aromatic nitrogens is 1. The summed E-state index contributed by atoms with van der Waals surface area (Å²) in [6.45, 7) is 5.28. The molecule has 1 atom stereocenters. The van der Waals surface area contributed by atoms with Crippen LogP contribution >= 0.6 is 0 Å². The molecule has 2 aromatic carbocycles. The lowest BCUT2D eigenvalue weighted by Crippen LogP contribution is -2.39. The minimum Gasteiger partial charge on any atom is -0.492 e. The van der Waals surface area contributed by atoms with Gasteiger partial charge >= 0.3 is 5.97 Å². The van der Waals surface area contributed by atoms with E-state index in [1.54, 1.807) is 39.1 Å². The van der Waals surface area contributed by atoms with E-state index in [-0.39, 0.29) is 17.3 Å². The van der Waals surface area contributed by atoms with Gasteiger partial charge in [-0.15, -0.1) is 0 Å². The molecule has 9 nitrogen and oxygen atoms in total. The second kappa shape index (κ2) is 11.7. The zero-order valence-corrected chi connectivity index (χ0v) is 22.5. The number of hydrogen-bond donors (Lipinski definition) is 1. The molecule has 0 saturated heterocycles. The number of fused-ring (bicyclic) bond motifs is 1. The van der Waals surface area contributed by atoms with Crippen LogP contribution in [-0.2, 0) is 30.8 Å². The highest BCUT2D eigenvalue weighted by Crippen LogP contribution is 2.29. The zero-order valence-electron chi connectivity index (χ0n) is 21.7. The van der Waals surface area contributed by atoms with Crippen molar-refractivity contribution in [2.45, 2.75) is 50.2 Å². The first kappa shape index (κ1) is 28.1. The van der Waals surface area contributed by atoms with E-state index in [0.717, 1.165) is 22.2 Å². The molecule has 1 N–H and O–H groups in total. The predicted octanol–water partition coefficient (Wildman–Crippen LogP) is 3.50. The number of hydrogen-bond acceptors (Lipinski definition) is 8. The van der Waals surface area contributed by atoms with Crippen LogP contribution in [0.1, 0.15) is 32.8 Å². The fraction of sp³-hybridized carbons (Fsp3) is 0.370. The van der Waals surface area contributed by atoms with Crippen LogP contribution in [0.25, 0.3) is 10.9 Å². The Bertz CT molecular complexity index is 1360. The van der Waals surface area contributed by atoms with E-state index in [4.69, 9.17) is 9.47 Å². The number of carbonyl (C=O) groups is 2. The third-order valence-electron chi connectivity index (χ3n) is 5.38. The van der Waals surface area contributed by atoms with Crippen LogP contribution in [0.5, 0.6) is 5.75 Å². The lowest BCUT2D eigenvalue weighted by molar-refractivity contribution is -0.155. The largest absolute Gasteiger partial charge is 0.492 e. The van der Waals surface area contributed by atoms with Crippen molar-refractivity contribution in [2.75, 3.05) is 25.6 Å². The summed E-state index contributed by atoms with van der Waals surface area (Å²) in [5, 5.41) is 1.00. The highest BCUT2D eigenvalue weighted by molar-refractivity contribution is 7.89. The number of ether oxygens (including phenoxy) is 2. The maximum absolute atomic E-state index is 13.3. The summed E-state index contributed by atoms with van der Waals surface area (Å²) in [6.07, 6.45) is 2.21. The summed E-state index contributed by atoms with van der Waals surface area (Å²) < 4.78 is 40.0. The fourth-order valence-corrected chi connectivity index (χ4v) is 5.00. The lowest BCUT2D eigenvalue weighted by atomic mass is 10.1. The molecule has 0 aliphatic heterocycles. The van der Waals surface area contributed by atoms with E-state index in [1.807, 2.05) is 49.3 Å². The average Bonchev–Trinajstić information content (AvgIpc) is 2.82. The Balaban J connectivity index is 1.81. The summed E-state index contributed by atoms with van der Waals surface area (Å²) in [7, 11) is -0.544. The maximum atomic E-state index is 13.3. The number of sulfonamides is 1. The molecule has 0 bridgehead atoms. The van der Waals surface area contributed by atoms with Gasteiger partial charge < -0.3 is 19.2 Å². The molecule has 198 valence electrons. The smallest absolute Gasteiger partial charge is 0.308 e. The average molecular weight is 528 g/mol. The molecule has 1 heterocycles. The van der Waals surface area contributed by atoms with Gasteiger partial charge in [0.1, 0.15) is 22.5 Å². The van der Waals surface area contributed by atoms with Crippen molar-refractivity contribution < 1.29 is 27.5 Å². The van der Waals surface area contributed by atoms with Crippen LogP contribution in [0, 0.1) is 0 Å². The number of anilines is 1. The van der Waals surface area contributed by atoms with Gasteiger partial charge in [-0.3, -0.25) is 9.78 Å². The van der Waals surface area contributed by atoms with Crippen LogP contribution in [0.15, 0.2) is 59.6 Å². The Morgan fingerprint density at radius 1 is 1.14 bits per heavy atom. The van der Waals surface area contributed by atoms with Crippen molar-refractivity contribution in [1.82, 2.24) is 9.71 Å². The van der Waals surface area contributed by atoms with Crippen LogP contribution in [0.2, 0.25) is 0 Å². The van der Waals surface area contributed by atoms with Crippen LogP contribution < -0.4 is 14.4 Å². The summed E-state index contributed by atoms with van der Waals surface area (Å²) in [5.41, 5.74) is 1.87. The number of esters is 1. The third kappa shape index (κ3) is 7.74. The first-order valence-corrected chi connectivity index (χ1v) is 13.3. The summed E-state index contributed by atoms with van der Waals surface area (Å²) in [4.78, 5) is 29.8. The number of benzene rings is 2. The number of nitrogens with zero attached hydrogens (tertiary/aromatic N) is 2. The molecule has 3 aromatic rings. The Morgan fingerprint density at radius 2 is 1.89 bits per heavy atom. The van der Waals surface area contributed by atoms with E-state index in [1.165, 1.54) is 6.07 Å². The number of rotatable bonds is 11. The van der Waals surface area contributed by atoms with Gasteiger partial charge in [-0.2, -0.15) is 0 Å². The van der Waals surface area contributed by atoms with Crippen molar-refractivity contribution in [1.29, 1.82) is 0 Å². The third-order valence-corrected chi connectivity index (χ3v) is 6.90. The molecule has 0 spiro atoms. The van der Waals surface area contributed by atoms with Crippen LogP contribution in [-0.4, -0.2) is 58.0 Å². The molecule has 0 aliphatic carbocycles. The molecule has 37 heavy (non-hydrogen) atoms. The molecular weight excluding hydrogens is 494 g/mol. The van der Waals surface area contributed by atoms with E-state index in [9.17, 15) is 18.0 Å². The molecule has 0 fully saturated rings. The summed E-state index contributed by atoms with van der Waals surface area (Å²) >= 11 is 0. The van der Waals surface area contributed by atoms with Crippen molar-refractivity contribution in [3.05, 3.63) is 60.3 Å². The first-order chi connectivity index (χ1) is 17.4. The van der Waals surface area contributed by atoms with Crippen molar-refractivity contribution in [3.63, 3.8) is 0 Å². The number of nitrogens with one attached hydrogen (secondary N) is 1. The summed E-state index contributed by atoms with van der Waals surface area (Å²) in [6, 6.07) is 13.1. The second-order valence-electron chi connectivity index (χ2n) is 9.77. The lowest BCUT2D eigenvalue weighted by Gasteiger charge is -2.21. The predicted molar refractivity (Wildman–Crippen MR) is 142 cm³/mol. The Hall–Kier alpha value is -3.50. The van der Waals surface area contributed by atoms with Gasteiger partial charge in [0.05, 0.1) is 24.6 Å². The molecule has 1 aromatic heterocycles. The zero-order chi connectivity index (χ0) is 27.2. The van der Waals surface area contributed by atoms with E-state index >= 15 is 0 Å². The monoisotopic (exact) mass is 527 g/mol. The number of pyridine rings is 1. The second-order valence-corrected chi connectivity index (χ2v) is 11.4.